The van der Waals surface area contributed by atoms with Gasteiger partial charge >= 0.3 is 0 Å². The van der Waals surface area contributed by atoms with Crippen molar-refractivity contribution in [3.05, 3.63) is 77.1 Å². The van der Waals surface area contributed by atoms with Crippen molar-refractivity contribution in [3.8, 4) is 46.7 Å². The number of nitrogens with zero attached hydrogens (tertiary/aromatic N) is 6. The number of ether oxygens (including phenoxy) is 4. The van der Waals surface area contributed by atoms with E-state index < -0.39 is 26.9 Å². The van der Waals surface area contributed by atoms with Gasteiger partial charge in [0.25, 0.3) is 0 Å². The zero-order valence-electron chi connectivity index (χ0n) is 23.6. The Morgan fingerprint density at radius 2 is 1.60 bits per heavy atom. The molecule has 2 atom stereocenters. The quantitative estimate of drug-likeness (QED) is 0.250. The van der Waals surface area contributed by atoms with Gasteiger partial charge in [-0.3, -0.25) is 4.57 Å². The summed E-state index contributed by atoms with van der Waals surface area (Å²) >= 11 is 0. The highest BCUT2D eigenvalue weighted by Crippen LogP contribution is 2.37. The highest BCUT2D eigenvalue weighted by atomic mass is 32.2. The fourth-order valence-corrected chi connectivity index (χ4v) is 6.00. The number of methoxy groups -OCH3 is 4. The van der Waals surface area contributed by atoms with Gasteiger partial charge < -0.3 is 18.9 Å². The van der Waals surface area contributed by atoms with Gasteiger partial charge in [-0.1, -0.05) is 18.2 Å². The van der Waals surface area contributed by atoms with Gasteiger partial charge in [-0.2, -0.15) is 10.5 Å². The molecule has 216 valence electrons. The summed E-state index contributed by atoms with van der Waals surface area (Å²) in [5.74, 6) is 0.850. The maximum Gasteiger partial charge on any atom is 0.213 e. The van der Waals surface area contributed by atoms with Crippen LogP contribution >= 0.6 is 0 Å². The molecule has 0 amide bonds. The van der Waals surface area contributed by atoms with Gasteiger partial charge in [0.1, 0.15) is 28.6 Å². The SMILES string of the molecule is COc1cccc(-c2nnc(CS(=O)(=O)[C@H](C)[C@@H](OC)c3ccc(C#N)cc3C#N)n2-c2c(OC)cccc2OC)n1. The number of sulfone groups is 1. The number of nitriles is 2. The zero-order chi connectivity index (χ0) is 30.4. The van der Waals surface area contributed by atoms with Crippen molar-refractivity contribution in [2.24, 2.45) is 0 Å². The van der Waals surface area contributed by atoms with Crippen LogP contribution in [0.25, 0.3) is 17.2 Å². The number of hydrogen-bond donors (Lipinski definition) is 0. The van der Waals surface area contributed by atoms with E-state index in [1.165, 1.54) is 58.1 Å². The third kappa shape index (κ3) is 5.74. The molecule has 12 nitrogen and oxygen atoms in total. The fourth-order valence-electron chi connectivity index (χ4n) is 4.56. The molecule has 0 N–H and O–H groups in total. The minimum Gasteiger partial charge on any atom is -0.494 e. The van der Waals surface area contributed by atoms with Gasteiger partial charge in [0.05, 0.1) is 55.9 Å². The average Bonchev–Trinajstić information content (AvgIpc) is 3.42. The summed E-state index contributed by atoms with van der Waals surface area (Å²) in [6.07, 6.45) is -1.01. The predicted molar refractivity (Wildman–Crippen MR) is 152 cm³/mol. The molecule has 0 aliphatic carbocycles. The van der Waals surface area contributed by atoms with Gasteiger partial charge in [-0.25, -0.2) is 13.4 Å². The molecule has 0 radical (unpaired) electrons. The predicted octanol–water partition coefficient (Wildman–Crippen LogP) is 3.79. The van der Waals surface area contributed by atoms with Crippen LogP contribution in [0.4, 0.5) is 0 Å². The number of para-hydroxylation sites is 1. The minimum atomic E-state index is -4.01. The highest BCUT2D eigenvalue weighted by molar-refractivity contribution is 7.91. The van der Waals surface area contributed by atoms with E-state index in [1.54, 1.807) is 36.4 Å². The molecule has 2 aromatic carbocycles. The normalized spacial score (nSPS) is 12.5. The molecule has 4 rings (SSSR count). The lowest BCUT2D eigenvalue weighted by Crippen LogP contribution is -2.29. The van der Waals surface area contributed by atoms with Crippen molar-refractivity contribution >= 4 is 9.84 Å². The van der Waals surface area contributed by atoms with E-state index in [1.807, 2.05) is 12.1 Å². The molecule has 0 fully saturated rings. The third-order valence-corrected chi connectivity index (χ3v) is 8.74. The topological polar surface area (TPSA) is 162 Å². The van der Waals surface area contributed by atoms with Crippen LogP contribution in [0.2, 0.25) is 0 Å². The van der Waals surface area contributed by atoms with Crippen molar-refractivity contribution in [2.45, 2.75) is 24.0 Å². The standard InChI is InChI=1S/C29H28N6O6S/c1-18(28(41-5)21-13-12-19(15-30)14-20(21)16-31)42(36,37)17-25-33-34-29(22-8-6-11-26(32-22)40-4)35(25)27-23(38-2)9-7-10-24(27)39-3/h6-14,18,28H,17H2,1-5H3/t18-,28-/m1/s1. The van der Waals surface area contributed by atoms with Crippen molar-refractivity contribution < 1.29 is 27.4 Å². The summed E-state index contributed by atoms with van der Waals surface area (Å²) in [7, 11) is 1.80. The van der Waals surface area contributed by atoms with Crippen LogP contribution in [0.5, 0.6) is 17.4 Å². The minimum absolute atomic E-state index is 0.0689. The van der Waals surface area contributed by atoms with E-state index in [-0.39, 0.29) is 22.8 Å². The summed E-state index contributed by atoms with van der Waals surface area (Å²) in [6.45, 7) is 1.50. The molecule has 0 spiro atoms. The van der Waals surface area contributed by atoms with E-state index in [0.29, 0.717) is 34.3 Å². The molecule has 42 heavy (non-hydrogen) atoms. The monoisotopic (exact) mass is 588 g/mol. The molecule has 0 saturated carbocycles. The molecule has 0 bridgehead atoms. The van der Waals surface area contributed by atoms with E-state index in [9.17, 15) is 18.9 Å². The first-order chi connectivity index (χ1) is 20.2. The molecule has 0 unspecified atom stereocenters. The first kappa shape index (κ1) is 30.0. The first-order valence-corrected chi connectivity index (χ1v) is 14.3. The van der Waals surface area contributed by atoms with E-state index in [4.69, 9.17) is 18.9 Å². The molecule has 2 heterocycles. The average molecular weight is 589 g/mol. The smallest absolute Gasteiger partial charge is 0.213 e. The zero-order valence-corrected chi connectivity index (χ0v) is 24.4. The molecule has 2 aromatic heterocycles. The Labute approximate surface area is 243 Å². The van der Waals surface area contributed by atoms with Gasteiger partial charge in [-0.05, 0) is 42.8 Å². The number of aromatic nitrogens is 4. The van der Waals surface area contributed by atoms with Gasteiger partial charge in [0.2, 0.25) is 5.88 Å². The Bertz CT molecular complexity index is 1770. The Kier molecular flexibility index (Phi) is 9.06. The Hall–Kier alpha value is -4.98. The van der Waals surface area contributed by atoms with Crippen molar-refractivity contribution in [1.82, 2.24) is 19.7 Å². The lowest BCUT2D eigenvalue weighted by molar-refractivity contribution is 0.102. The lowest BCUT2D eigenvalue weighted by Gasteiger charge is -2.24. The molecule has 0 aliphatic heterocycles. The van der Waals surface area contributed by atoms with E-state index in [0.717, 1.165) is 0 Å². The summed E-state index contributed by atoms with van der Waals surface area (Å²) in [5.41, 5.74) is 1.53. The molecule has 0 aliphatic rings. The molecule has 13 heteroatoms. The molecular formula is C29H28N6O6S. The maximum absolute atomic E-state index is 13.9. The van der Waals surface area contributed by atoms with Crippen LogP contribution < -0.4 is 14.2 Å². The lowest BCUT2D eigenvalue weighted by atomic mass is 9.99. The summed E-state index contributed by atoms with van der Waals surface area (Å²) in [6, 6.07) is 18.7. The largest absolute Gasteiger partial charge is 0.494 e. The van der Waals surface area contributed by atoms with Gasteiger partial charge in [-0.15, -0.1) is 10.2 Å². The van der Waals surface area contributed by atoms with Crippen molar-refractivity contribution in [1.29, 1.82) is 10.5 Å². The Balaban J connectivity index is 1.86. The molecule has 4 aromatic rings. The molecular weight excluding hydrogens is 560 g/mol. The van der Waals surface area contributed by atoms with Crippen LogP contribution in [-0.4, -0.2) is 61.9 Å². The van der Waals surface area contributed by atoms with Crippen molar-refractivity contribution in [3.63, 3.8) is 0 Å². The van der Waals surface area contributed by atoms with Crippen molar-refractivity contribution in [2.75, 3.05) is 28.4 Å². The summed E-state index contributed by atoms with van der Waals surface area (Å²) in [5, 5.41) is 26.4. The Morgan fingerprint density at radius 1 is 0.905 bits per heavy atom. The summed E-state index contributed by atoms with van der Waals surface area (Å²) in [4.78, 5) is 4.47. The number of hydrogen-bond acceptors (Lipinski definition) is 11. The van der Waals surface area contributed by atoms with E-state index >= 15 is 0 Å². The second-order valence-electron chi connectivity index (χ2n) is 9.05. The van der Waals surface area contributed by atoms with E-state index in [2.05, 4.69) is 15.2 Å². The number of pyridine rings is 1. The van der Waals surface area contributed by atoms with Crippen LogP contribution in [0.3, 0.4) is 0 Å². The second-order valence-corrected chi connectivity index (χ2v) is 11.4. The maximum atomic E-state index is 13.9. The number of rotatable bonds is 11. The highest BCUT2D eigenvalue weighted by Gasteiger charge is 2.35. The van der Waals surface area contributed by atoms with Crippen LogP contribution in [0.1, 0.15) is 35.5 Å². The third-order valence-electron chi connectivity index (χ3n) is 6.70. The van der Waals surface area contributed by atoms with Gasteiger partial charge in [0.15, 0.2) is 21.5 Å². The Morgan fingerprint density at radius 3 is 2.19 bits per heavy atom. The second kappa shape index (κ2) is 12.7. The van der Waals surface area contributed by atoms with Gasteiger partial charge in [0, 0.05) is 13.2 Å². The van der Waals surface area contributed by atoms with Crippen LogP contribution in [0.15, 0.2) is 54.6 Å². The number of benzene rings is 2. The molecule has 0 saturated heterocycles. The van der Waals surface area contributed by atoms with Crippen LogP contribution in [-0.2, 0) is 20.3 Å². The fraction of sp³-hybridized carbons (Fsp3) is 0.276. The van der Waals surface area contributed by atoms with Crippen LogP contribution in [0, 0.1) is 22.7 Å². The summed E-state index contributed by atoms with van der Waals surface area (Å²) < 4.78 is 51.5. The first-order valence-electron chi connectivity index (χ1n) is 12.6.